The molecule has 3 rings (SSSR count). The van der Waals surface area contributed by atoms with Crippen molar-refractivity contribution >= 4 is 23.2 Å². The van der Waals surface area contributed by atoms with Gasteiger partial charge in [0.1, 0.15) is 11.6 Å². The maximum atomic E-state index is 14.0. The Hall–Kier alpha value is -3.62. The summed E-state index contributed by atoms with van der Waals surface area (Å²) in [7, 11) is 0. The van der Waals surface area contributed by atoms with E-state index in [1.54, 1.807) is 36.7 Å². The third kappa shape index (κ3) is 4.94. The highest BCUT2D eigenvalue weighted by Crippen LogP contribution is 2.23. The minimum Gasteiger partial charge on any atom is -0.435 e. The highest BCUT2D eigenvalue weighted by molar-refractivity contribution is 6.05. The molecule has 0 spiro atoms. The summed E-state index contributed by atoms with van der Waals surface area (Å²) < 4.78 is 42.4. The van der Waals surface area contributed by atoms with Crippen LogP contribution >= 0.6 is 0 Å². The summed E-state index contributed by atoms with van der Waals surface area (Å²) in [4.78, 5) is 20.4. The maximum Gasteiger partial charge on any atom is 0.387 e. The van der Waals surface area contributed by atoms with Crippen LogP contribution in [-0.4, -0.2) is 22.5 Å². The number of rotatable bonds is 6. The molecule has 0 saturated heterocycles. The molecule has 9 heteroatoms. The van der Waals surface area contributed by atoms with Crippen molar-refractivity contribution in [1.29, 1.82) is 0 Å². The van der Waals surface area contributed by atoms with Crippen LogP contribution in [0.5, 0.6) is 5.75 Å². The summed E-state index contributed by atoms with van der Waals surface area (Å²) in [6.07, 6.45) is 3.13. The lowest BCUT2D eigenvalue weighted by Gasteiger charge is -2.10. The molecule has 1 aromatic heterocycles. The first-order chi connectivity index (χ1) is 13.0. The molecule has 2 N–H and O–H groups in total. The van der Waals surface area contributed by atoms with E-state index in [0.717, 1.165) is 18.2 Å². The van der Waals surface area contributed by atoms with Crippen LogP contribution in [-0.2, 0) is 0 Å². The van der Waals surface area contributed by atoms with Gasteiger partial charge < -0.3 is 15.4 Å². The van der Waals surface area contributed by atoms with E-state index in [-0.39, 0.29) is 17.0 Å². The fourth-order valence-corrected chi connectivity index (χ4v) is 2.20. The monoisotopic (exact) mass is 374 g/mol. The van der Waals surface area contributed by atoms with Crippen LogP contribution < -0.4 is 15.4 Å². The van der Waals surface area contributed by atoms with Gasteiger partial charge in [0.25, 0.3) is 5.91 Å². The van der Waals surface area contributed by atoms with Crippen molar-refractivity contribution in [1.82, 2.24) is 9.97 Å². The van der Waals surface area contributed by atoms with Gasteiger partial charge in [0, 0.05) is 29.7 Å². The minimum atomic E-state index is -3.06. The average Bonchev–Trinajstić information content (AvgIpc) is 2.64. The third-order valence-electron chi connectivity index (χ3n) is 3.36. The van der Waals surface area contributed by atoms with Crippen molar-refractivity contribution in [3.05, 3.63) is 72.3 Å². The van der Waals surface area contributed by atoms with Crippen LogP contribution in [0.1, 0.15) is 10.4 Å². The largest absolute Gasteiger partial charge is 0.435 e. The number of anilines is 3. The number of carbonyl (C=O) groups is 1. The number of nitrogens with one attached hydrogen (secondary N) is 2. The Kier molecular flexibility index (Phi) is 5.50. The first kappa shape index (κ1) is 18.2. The van der Waals surface area contributed by atoms with Crippen LogP contribution in [0.25, 0.3) is 0 Å². The zero-order chi connectivity index (χ0) is 19.2. The van der Waals surface area contributed by atoms with Crippen molar-refractivity contribution in [2.24, 2.45) is 0 Å². The number of amides is 1. The average molecular weight is 374 g/mol. The van der Waals surface area contributed by atoms with Crippen molar-refractivity contribution in [2.75, 3.05) is 10.6 Å². The Morgan fingerprint density at radius 1 is 1.04 bits per heavy atom. The molecule has 0 aliphatic heterocycles. The highest BCUT2D eigenvalue weighted by Gasteiger charge is 2.12. The molecule has 3 aromatic rings. The first-order valence-electron chi connectivity index (χ1n) is 7.71. The van der Waals surface area contributed by atoms with Gasteiger partial charge in [-0.3, -0.25) is 4.79 Å². The van der Waals surface area contributed by atoms with Crippen LogP contribution in [0.4, 0.5) is 30.5 Å². The predicted molar refractivity (Wildman–Crippen MR) is 92.7 cm³/mol. The topological polar surface area (TPSA) is 76.1 Å². The number of benzene rings is 2. The zero-order valence-electron chi connectivity index (χ0n) is 13.7. The van der Waals surface area contributed by atoms with Crippen LogP contribution in [0.3, 0.4) is 0 Å². The molecule has 0 aliphatic rings. The number of ether oxygens (including phenoxy) is 1. The van der Waals surface area contributed by atoms with Gasteiger partial charge in [0.15, 0.2) is 0 Å². The summed E-state index contributed by atoms with van der Waals surface area (Å²) in [6.45, 7) is -3.06. The van der Waals surface area contributed by atoms with E-state index in [1.165, 1.54) is 6.07 Å². The van der Waals surface area contributed by atoms with Gasteiger partial charge in [-0.05, 0) is 36.4 Å². The molecule has 0 aliphatic carbocycles. The van der Waals surface area contributed by atoms with Gasteiger partial charge in [-0.15, -0.1) is 0 Å². The first-order valence-corrected chi connectivity index (χ1v) is 7.71. The number of hydrogen-bond donors (Lipinski definition) is 2. The summed E-state index contributed by atoms with van der Waals surface area (Å²) in [5, 5.41) is 5.32. The number of alkyl halides is 2. The summed E-state index contributed by atoms with van der Waals surface area (Å²) in [5.41, 5.74) is 0.657. The highest BCUT2D eigenvalue weighted by atomic mass is 19.3. The number of nitrogens with zero attached hydrogens (tertiary/aromatic N) is 2. The van der Waals surface area contributed by atoms with Gasteiger partial charge in [-0.25, -0.2) is 14.4 Å². The van der Waals surface area contributed by atoms with Gasteiger partial charge in [-0.2, -0.15) is 8.78 Å². The van der Waals surface area contributed by atoms with E-state index < -0.39 is 18.3 Å². The number of aromatic nitrogens is 2. The van der Waals surface area contributed by atoms with Crippen LogP contribution in [0.15, 0.2) is 60.9 Å². The molecule has 0 fully saturated rings. The Morgan fingerprint density at radius 2 is 1.81 bits per heavy atom. The second-order valence-corrected chi connectivity index (χ2v) is 5.25. The standard InChI is InChI=1S/C18H13F3N4O2/c19-14-10-13(27-17(20)21)5-6-15(14)25-16(26)11-3-1-4-12(9-11)24-18-22-7-2-8-23-18/h1-10,17H,(H,25,26)(H,22,23,24). The zero-order valence-corrected chi connectivity index (χ0v) is 13.7. The van der Waals surface area contributed by atoms with Crippen molar-refractivity contribution in [3.8, 4) is 5.75 Å². The quantitative estimate of drug-likeness (QED) is 0.676. The fourth-order valence-electron chi connectivity index (χ4n) is 2.20. The molecule has 27 heavy (non-hydrogen) atoms. The smallest absolute Gasteiger partial charge is 0.387 e. The molecule has 0 atom stereocenters. The lowest BCUT2D eigenvalue weighted by atomic mass is 10.2. The molecule has 0 radical (unpaired) electrons. The van der Waals surface area contributed by atoms with Crippen molar-refractivity contribution in [2.45, 2.75) is 6.61 Å². The molecular weight excluding hydrogens is 361 g/mol. The minimum absolute atomic E-state index is 0.161. The van der Waals surface area contributed by atoms with Crippen LogP contribution in [0.2, 0.25) is 0 Å². The molecule has 6 nitrogen and oxygen atoms in total. The van der Waals surface area contributed by atoms with Gasteiger partial charge >= 0.3 is 6.61 Å². The molecule has 2 aromatic carbocycles. The normalized spacial score (nSPS) is 10.5. The van der Waals surface area contributed by atoms with Crippen molar-refractivity contribution < 1.29 is 22.7 Å². The van der Waals surface area contributed by atoms with Crippen LogP contribution in [0, 0.1) is 5.82 Å². The van der Waals surface area contributed by atoms with E-state index in [0.29, 0.717) is 11.6 Å². The molecule has 0 saturated carbocycles. The molecule has 1 amide bonds. The van der Waals surface area contributed by atoms with Gasteiger partial charge in [0.2, 0.25) is 5.95 Å². The van der Waals surface area contributed by atoms with Gasteiger partial charge in [0.05, 0.1) is 5.69 Å². The molecule has 1 heterocycles. The lowest BCUT2D eigenvalue weighted by molar-refractivity contribution is -0.0499. The van der Waals surface area contributed by atoms with E-state index in [4.69, 9.17) is 0 Å². The Labute approximate surface area is 152 Å². The summed E-state index contributed by atoms with van der Waals surface area (Å²) >= 11 is 0. The fraction of sp³-hybridized carbons (Fsp3) is 0.0556. The van der Waals surface area contributed by atoms with E-state index in [1.807, 2.05) is 0 Å². The third-order valence-corrected chi connectivity index (χ3v) is 3.36. The van der Waals surface area contributed by atoms with Crippen molar-refractivity contribution in [3.63, 3.8) is 0 Å². The second-order valence-electron chi connectivity index (χ2n) is 5.25. The Balaban J connectivity index is 1.72. The van der Waals surface area contributed by atoms with E-state index in [2.05, 4.69) is 25.3 Å². The number of hydrogen-bond acceptors (Lipinski definition) is 5. The number of halogens is 3. The Morgan fingerprint density at radius 3 is 2.52 bits per heavy atom. The number of carbonyl (C=O) groups excluding carboxylic acids is 1. The van der Waals surface area contributed by atoms with E-state index in [9.17, 15) is 18.0 Å². The second kappa shape index (κ2) is 8.17. The van der Waals surface area contributed by atoms with Gasteiger partial charge in [-0.1, -0.05) is 6.07 Å². The van der Waals surface area contributed by atoms with E-state index >= 15 is 0 Å². The Bertz CT molecular complexity index is 939. The molecule has 138 valence electrons. The summed E-state index contributed by atoms with van der Waals surface area (Å²) in [6, 6.07) is 11.1. The summed E-state index contributed by atoms with van der Waals surface area (Å²) in [5.74, 6) is -1.45. The maximum absolute atomic E-state index is 14.0. The SMILES string of the molecule is O=C(Nc1ccc(OC(F)F)cc1F)c1cccc(Nc2ncccn2)c1. The predicted octanol–water partition coefficient (Wildman–Crippen LogP) is 4.21. The lowest BCUT2D eigenvalue weighted by Crippen LogP contribution is -2.13. The molecular formula is C18H13F3N4O2. The molecule has 0 bridgehead atoms. The molecule has 0 unspecified atom stereocenters.